The third kappa shape index (κ3) is 3.01. The number of nitrogens with zero attached hydrogens (tertiary/aromatic N) is 2. The highest BCUT2D eigenvalue weighted by atomic mass is 16.5. The SMILES string of the molecule is O=C(OC[C@H]1CCCN2CCCC[C@H]12)c1ccncc1. The van der Waals surface area contributed by atoms with Gasteiger partial charge in [-0.25, -0.2) is 4.79 Å². The predicted molar refractivity (Wildman–Crippen MR) is 76.5 cm³/mol. The molecule has 108 valence electrons. The first-order valence-corrected chi connectivity index (χ1v) is 7.66. The second kappa shape index (κ2) is 6.35. The Balaban J connectivity index is 1.56. The van der Waals surface area contributed by atoms with Crippen LogP contribution in [0.5, 0.6) is 0 Å². The largest absolute Gasteiger partial charge is 0.462 e. The Morgan fingerprint density at radius 1 is 1.20 bits per heavy atom. The first-order chi connectivity index (χ1) is 9.84. The quantitative estimate of drug-likeness (QED) is 0.794. The van der Waals surface area contributed by atoms with Crippen LogP contribution in [-0.2, 0) is 4.74 Å². The van der Waals surface area contributed by atoms with Crippen LogP contribution in [0, 0.1) is 5.92 Å². The predicted octanol–water partition coefficient (Wildman–Crippen LogP) is 2.50. The molecule has 0 amide bonds. The molecule has 4 nitrogen and oxygen atoms in total. The van der Waals surface area contributed by atoms with Crippen molar-refractivity contribution in [2.24, 2.45) is 5.92 Å². The summed E-state index contributed by atoms with van der Waals surface area (Å²) in [6.45, 7) is 3.00. The number of ether oxygens (including phenoxy) is 1. The van der Waals surface area contributed by atoms with Gasteiger partial charge in [-0.1, -0.05) is 6.42 Å². The maximum atomic E-state index is 12.0. The molecule has 0 unspecified atom stereocenters. The molecule has 0 aromatic carbocycles. The molecule has 1 aromatic heterocycles. The Bertz CT molecular complexity index is 447. The van der Waals surface area contributed by atoms with E-state index in [-0.39, 0.29) is 5.97 Å². The van der Waals surface area contributed by atoms with Crippen LogP contribution in [0.15, 0.2) is 24.5 Å². The Hall–Kier alpha value is -1.42. The normalized spacial score (nSPS) is 26.8. The number of carbonyl (C=O) groups is 1. The molecule has 20 heavy (non-hydrogen) atoms. The molecular weight excluding hydrogens is 252 g/mol. The lowest BCUT2D eigenvalue weighted by Crippen LogP contribution is -2.49. The van der Waals surface area contributed by atoms with Gasteiger partial charge in [-0.3, -0.25) is 9.88 Å². The van der Waals surface area contributed by atoms with E-state index in [9.17, 15) is 4.79 Å². The van der Waals surface area contributed by atoms with Gasteiger partial charge in [-0.05, 0) is 50.9 Å². The first kappa shape index (κ1) is 13.6. The summed E-state index contributed by atoms with van der Waals surface area (Å²) in [5.74, 6) is 0.287. The number of hydrogen-bond donors (Lipinski definition) is 0. The van der Waals surface area contributed by atoms with Crippen molar-refractivity contribution in [1.82, 2.24) is 9.88 Å². The van der Waals surface area contributed by atoms with Gasteiger partial charge in [-0.15, -0.1) is 0 Å². The van der Waals surface area contributed by atoms with Crippen molar-refractivity contribution in [3.63, 3.8) is 0 Å². The van der Waals surface area contributed by atoms with E-state index < -0.39 is 0 Å². The van der Waals surface area contributed by atoms with Gasteiger partial charge in [0.2, 0.25) is 0 Å². The minimum Gasteiger partial charge on any atom is -0.462 e. The van der Waals surface area contributed by atoms with Crippen LogP contribution in [0.3, 0.4) is 0 Å². The first-order valence-electron chi connectivity index (χ1n) is 7.66. The molecule has 0 spiro atoms. The van der Waals surface area contributed by atoms with E-state index in [0.29, 0.717) is 24.1 Å². The average molecular weight is 274 g/mol. The third-order valence-electron chi connectivity index (χ3n) is 4.57. The van der Waals surface area contributed by atoms with Crippen molar-refractivity contribution in [2.75, 3.05) is 19.7 Å². The number of esters is 1. The molecular formula is C16H22N2O2. The summed E-state index contributed by atoms with van der Waals surface area (Å²) < 4.78 is 5.52. The molecule has 0 saturated carbocycles. The molecule has 4 heteroatoms. The molecule has 3 heterocycles. The number of hydrogen-bond acceptors (Lipinski definition) is 4. The molecule has 2 saturated heterocycles. The molecule has 0 bridgehead atoms. The lowest BCUT2D eigenvalue weighted by molar-refractivity contribution is 0.00738. The average Bonchev–Trinajstić information content (AvgIpc) is 2.53. The van der Waals surface area contributed by atoms with Crippen LogP contribution in [0.2, 0.25) is 0 Å². The van der Waals surface area contributed by atoms with Gasteiger partial charge in [-0.2, -0.15) is 0 Å². The molecule has 2 fully saturated rings. The topological polar surface area (TPSA) is 42.4 Å². The molecule has 2 atom stereocenters. The van der Waals surface area contributed by atoms with Crippen LogP contribution in [0.4, 0.5) is 0 Å². The van der Waals surface area contributed by atoms with Crippen molar-refractivity contribution in [3.05, 3.63) is 30.1 Å². The highest BCUT2D eigenvalue weighted by Crippen LogP contribution is 2.31. The third-order valence-corrected chi connectivity index (χ3v) is 4.57. The van der Waals surface area contributed by atoms with Crippen molar-refractivity contribution in [2.45, 2.75) is 38.1 Å². The molecule has 0 N–H and O–H groups in total. The Morgan fingerprint density at radius 3 is 2.85 bits per heavy atom. The van der Waals surface area contributed by atoms with E-state index in [0.717, 1.165) is 0 Å². The standard InChI is InChI=1S/C16H22N2O2/c19-16(13-6-8-17-9-7-13)20-12-14-4-3-11-18-10-2-1-5-15(14)18/h6-9,14-15H,1-5,10-12H2/t14-,15-/m1/s1. The fraction of sp³-hybridized carbons (Fsp3) is 0.625. The summed E-state index contributed by atoms with van der Waals surface area (Å²) in [5.41, 5.74) is 0.594. The lowest BCUT2D eigenvalue weighted by atomic mass is 9.84. The number of carbonyl (C=O) groups excluding carboxylic acids is 1. The highest BCUT2D eigenvalue weighted by molar-refractivity contribution is 5.89. The molecule has 0 aliphatic carbocycles. The Kier molecular flexibility index (Phi) is 4.31. The smallest absolute Gasteiger partial charge is 0.338 e. The molecule has 1 aromatic rings. The maximum Gasteiger partial charge on any atom is 0.338 e. The van der Waals surface area contributed by atoms with Gasteiger partial charge in [0, 0.05) is 24.4 Å². The van der Waals surface area contributed by atoms with Gasteiger partial charge < -0.3 is 4.74 Å². The molecule has 2 aliphatic heterocycles. The van der Waals surface area contributed by atoms with E-state index in [4.69, 9.17) is 4.74 Å². The van der Waals surface area contributed by atoms with Crippen LogP contribution in [-0.4, -0.2) is 41.6 Å². The Morgan fingerprint density at radius 2 is 2.00 bits per heavy atom. The second-order valence-corrected chi connectivity index (χ2v) is 5.84. The maximum absolute atomic E-state index is 12.0. The zero-order valence-electron chi connectivity index (χ0n) is 11.8. The Labute approximate surface area is 120 Å². The zero-order valence-corrected chi connectivity index (χ0v) is 11.8. The van der Waals surface area contributed by atoms with Gasteiger partial charge in [0.05, 0.1) is 12.2 Å². The van der Waals surface area contributed by atoms with Gasteiger partial charge in [0.15, 0.2) is 0 Å². The highest BCUT2D eigenvalue weighted by Gasteiger charge is 2.33. The number of pyridine rings is 1. The van der Waals surface area contributed by atoms with Crippen molar-refractivity contribution in [3.8, 4) is 0 Å². The number of piperidine rings is 2. The fourth-order valence-electron chi connectivity index (χ4n) is 3.53. The van der Waals surface area contributed by atoms with Crippen molar-refractivity contribution >= 4 is 5.97 Å². The number of rotatable bonds is 3. The van der Waals surface area contributed by atoms with Crippen molar-refractivity contribution < 1.29 is 9.53 Å². The van der Waals surface area contributed by atoms with E-state index in [1.807, 2.05) is 0 Å². The van der Waals surface area contributed by atoms with Crippen LogP contribution in [0.25, 0.3) is 0 Å². The van der Waals surface area contributed by atoms with Gasteiger partial charge >= 0.3 is 5.97 Å². The summed E-state index contributed by atoms with van der Waals surface area (Å²) in [7, 11) is 0. The minimum absolute atomic E-state index is 0.222. The van der Waals surface area contributed by atoms with Crippen LogP contribution < -0.4 is 0 Å². The monoisotopic (exact) mass is 274 g/mol. The van der Waals surface area contributed by atoms with Gasteiger partial charge in [0.1, 0.15) is 0 Å². The van der Waals surface area contributed by atoms with Crippen LogP contribution >= 0.6 is 0 Å². The summed E-state index contributed by atoms with van der Waals surface area (Å²) in [4.78, 5) is 18.5. The summed E-state index contributed by atoms with van der Waals surface area (Å²) in [6.07, 6.45) is 9.56. The summed E-state index contributed by atoms with van der Waals surface area (Å²) >= 11 is 0. The minimum atomic E-state index is -0.222. The van der Waals surface area contributed by atoms with E-state index in [2.05, 4.69) is 9.88 Å². The lowest BCUT2D eigenvalue weighted by Gasteiger charge is -2.44. The summed E-state index contributed by atoms with van der Waals surface area (Å²) in [5, 5.41) is 0. The summed E-state index contributed by atoms with van der Waals surface area (Å²) in [6, 6.07) is 4.04. The van der Waals surface area contributed by atoms with E-state index in [1.54, 1.807) is 24.5 Å². The second-order valence-electron chi connectivity index (χ2n) is 5.84. The molecule has 3 rings (SSSR count). The van der Waals surface area contributed by atoms with E-state index >= 15 is 0 Å². The molecule has 2 aliphatic rings. The fourth-order valence-corrected chi connectivity index (χ4v) is 3.53. The van der Waals surface area contributed by atoms with E-state index in [1.165, 1.54) is 45.2 Å². The van der Waals surface area contributed by atoms with Gasteiger partial charge in [0.25, 0.3) is 0 Å². The number of fused-ring (bicyclic) bond motifs is 1. The van der Waals surface area contributed by atoms with Crippen molar-refractivity contribution in [1.29, 1.82) is 0 Å². The zero-order chi connectivity index (χ0) is 13.8. The number of aromatic nitrogens is 1. The van der Waals surface area contributed by atoms with Crippen LogP contribution in [0.1, 0.15) is 42.5 Å². The molecule has 0 radical (unpaired) electrons.